The lowest BCUT2D eigenvalue weighted by atomic mass is 10.0. The van der Waals surface area contributed by atoms with Crippen molar-refractivity contribution in [1.29, 1.82) is 0 Å². The number of rotatable bonds is 6. The topological polar surface area (TPSA) is 81.5 Å². The van der Waals surface area contributed by atoms with Crippen molar-refractivity contribution in [2.45, 2.75) is 32.7 Å². The fourth-order valence-corrected chi connectivity index (χ4v) is 1.71. The summed E-state index contributed by atoms with van der Waals surface area (Å²) in [6, 6.07) is 6.66. The van der Waals surface area contributed by atoms with Crippen molar-refractivity contribution < 1.29 is 4.79 Å². The number of nitrogens with two attached hydrogens (primary N) is 2. The van der Waals surface area contributed by atoms with Crippen LogP contribution in [0.15, 0.2) is 41.4 Å². The van der Waals surface area contributed by atoms with E-state index in [-0.39, 0.29) is 5.78 Å². The summed E-state index contributed by atoms with van der Waals surface area (Å²) in [5.41, 5.74) is 13.5. The van der Waals surface area contributed by atoms with Crippen molar-refractivity contribution in [3.05, 3.63) is 42.0 Å². The van der Waals surface area contributed by atoms with Crippen LogP contribution in [0.25, 0.3) is 0 Å². The Bertz CT molecular complexity index is 489. The van der Waals surface area contributed by atoms with Gasteiger partial charge in [0.05, 0.1) is 0 Å². The number of benzene rings is 1. The van der Waals surface area contributed by atoms with Gasteiger partial charge < -0.3 is 11.5 Å². The van der Waals surface area contributed by atoms with Gasteiger partial charge in [0.15, 0.2) is 5.78 Å². The third-order valence-corrected chi connectivity index (χ3v) is 2.79. The molecule has 0 heterocycles. The van der Waals surface area contributed by atoms with E-state index in [2.05, 4.69) is 11.6 Å². The molecule has 0 saturated carbocycles. The molecule has 0 aliphatic rings. The van der Waals surface area contributed by atoms with Crippen LogP contribution in [0.3, 0.4) is 0 Å². The summed E-state index contributed by atoms with van der Waals surface area (Å²) in [6.07, 6.45) is 1.53. The zero-order valence-electron chi connectivity index (χ0n) is 11.5. The van der Waals surface area contributed by atoms with Gasteiger partial charge in [-0.1, -0.05) is 19.9 Å². The third kappa shape index (κ3) is 4.25. The summed E-state index contributed by atoms with van der Waals surface area (Å²) < 4.78 is 0. The lowest BCUT2D eigenvalue weighted by Crippen LogP contribution is -2.24. The molecule has 4 nitrogen and oxygen atoms in total. The molecule has 1 atom stereocenters. The minimum absolute atomic E-state index is 0.0553. The molecule has 4 N–H and O–H groups in total. The largest absolute Gasteiger partial charge is 0.399 e. The maximum absolute atomic E-state index is 12.0. The van der Waals surface area contributed by atoms with Crippen molar-refractivity contribution in [1.82, 2.24) is 0 Å². The molecule has 1 rings (SSSR count). The minimum Gasteiger partial charge on any atom is -0.399 e. The van der Waals surface area contributed by atoms with Gasteiger partial charge in [-0.3, -0.25) is 9.79 Å². The van der Waals surface area contributed by atoms with Crippen molar-refractivity contribution in [2.75, 3.05) is 5.73 Å². The smallest absolute Gasteiger partial charge is 0.182 e. The number of hydrogen-bond donors (Lipinski definition) is 2. The average Bonchev–Trinajstić information content (AvgIpc) is 2.37. The number of anilines is 1. The van der Waals surface area contributed by atoms with Crippen LogP contribution in [0.5, 0.6) is 0 Å². The molecule has 4 heteroatoms. The monoisotopic (exact) mass is 259 g/mol. The first-order valence-electron chi connectivity index (χ1n) is 6.34. The Kier molecular flexibility index (Phi) is 5.30. The molecule has 1 aromatic carbocycles. The highest BCUT2D eigenvalue weighted by Crippen LogP contribution is 2.11. The van der Waals surface area contributed by atoms with Gasteiger partial charge in [-0.15, -0.1) is 0 Å². The van der Waals surface area contributed by atoms with Gasteiger partial charge >= 0.3 is 0 Å². The Morgan fingerprint density at radius 2 is 1.95 bits per heavy atom. The number of nitrogens with zero attached hydrogens (tertiary/aromatic N) is 1. The van der Waals surface area contributed by atoms with Gasteiger partial charge in [0.25, 0.3) is 0 Å². The maximum atomic E-state index is 12.0. The predicted octanol–water partition coefficient (Wildman–Crippen LogP) is 2.29. The number of Topliss-reactive ketones (excluding diaryl/α,β-unsaturated/α-hetero) is 1. The van der Waals surface area contributed by atoms with Gasteiger partial charge in [0.2, 0.25) is 0 Å². The highest BCUT2D eigenvalue weighted by molar-refractivity contribution is 6.03. The summed E-state index contributed by atoms with van der Waals surface area (Å²) >= 11 is 0. The second kappa shape index (κ2) is 6.73. The molecule has 1 aromatic rings. The van der Waals surface area contributed by atoms with Gasteiger partial charge in [-0.05, 0) is 43.2 Å². The summed E-state index contributed by atoms with van der Waals surface area (Å²) in [5, 5.41) is 0. The quantitative estimate of drug-likeness (QED) is 0.356. The molecular formula is C15H21N3O. The second-order valence-corrected chi connectivity index (χ2v) is 4.59. The van der Waals surface area contributed by atoms with Crippen LogP contribution in [0.4, 0.5) is 5.69 Å². The van der Waals surface area contributed by atoms with E-state index in [0.29, 0.717) is 23.5 Å². The molecule has 0 saturated heterocycles. The van der Waals surface area contributed by atoms with Gasteiger partial charge in [0, 0.05) is 11.3 Å². The second-order valence-electron chi connectivity index (χ2n) is 4.59. The van der Waals surface area contributed by atoms with E-state index in [1.165, 1.54) is 0 Å². The Labute approximate surface area is 114 Å². The number of carbonyl (C=O) groups excluding carboxylic acids is 1. The first-order valence-corrected chi connectivity index (χ1v) is 6.34. The van der Waals surface area contributed by atoms with Gasteiger partial charge in [-0.2, -0.15) is 0 Å². The Morgan fingerprint density at radius 3 is 2.42 bits per heavy atom. The van der Waals surface area contributed by atoms with Gasteiger partial charge in [-0.25, -0.2) is 0 Å². The third-order valence-electron chi connectivity index (χ3n) is 2.79. The molecule has 1 unspecified atom stereocenters. The molecule has 0 amide bonds. The number of nitrogen functional groups attached to an aromatic ring is 1. The molecule has 0 fully saturated rings. The molecular weight excluding hydrogens is 238 g/mol. The number of ketones is 1. The number of amidine groups is 1. The summed E-state index contributed by atoms with van der Waals surface area (Å²) in [7, 11) is 0. The van der Waals surface area contributed by atoms with E-state index in [0.717, 1.165) is 12.0 Å². The SMILES string of the molecule is C=C(C)C(=O)C(CCC)N=C(N)c1ccc(N)cc1. The zero-order chi connectivity index (χ0) is 14.4. The number of carbonyl (C=O) groups is 1. The Hall–Kier alpha value is -2.10. The number of aliphatic imine (C=N–C) groups is 1. The lowest BCUT2D eigenvalue weighted by molar-refractivity contribution is -0.116. The Morgan fingerprint density at radius 1 is 1.37 bits per heavy atom. The van der Waals surface area contributed by atoms with Crippen molar-refractivity contribution in [3.63, 3.8) is 0 Å². The van der Waals surface area contributed by atoms with Crippen LogP contribution < -0.4 is 11.5 Å². The predicted molar refractivity (Wildman–Crippen MR) is 80.1 cm³/mol. The Balaban J connectivity index is 2.98. The first kappa shape index (κ1) is 15.0. The standard InChI is InChI=1S/C15H21N3O/c1-4-5-13(14(19)10(2)3)18-15(17)11-6-8-12(16)9-7-11/h6-9,13H,2,4-5,16H2,1,3H3,(H2,17,18). The molecule has 102 valence electrons. The molecule has 0 radical (unpaired) electrons. The van der Waals surface area contributed by atoms with E-state index in [9.17, 15) is 4.79 Å². The first-order chi connectivity index (χ1) is 8.95. The van der Waals surface area contributed by atoms with Crippen LogP contribution in [0, 0.1) is 0 Å². The van der Waals surface area contributed by atoms with Crippen LogP contribution in [0.2, 0.25) is 0 Å². The number of hydrogen-bond acceptors (Lipinski definition) is 3. The summed E-state index contributed by atoms with van der Waals surface area (Å²) in [5.74, 6) is 0.299. The van der Waals surface area contributed by atoms with Crippen molar-refractivity contribution in [3.8, 4) is 0 Å². The molecule has 0 spiro atoms. The van der Waals surface area contributed by atoms with Crippen LogP contribution in [-0.4, -0.2) is 17.7 Å². The van der Waals surface area contributed by atoms with E-state index >= 15 is 0 Å². The van der Waals surface area contributed by atoms with Crippen molar-refractivity contribution in [2.24, 2.45) is 10.7 Å². The van der Waals surface area contributed by atoms with E-state index < -0.39 is 6.04 Å². The molecule has 0 aliphatic heterocycles. The van der Waals surface area contributed by atoms with E-state index in [4.69, 9.17) is 11.5 Å². The van der Waals surface area contributed by atoms with Crippen LogP contribution in [-0.2, 0) is 4.79 Å². The zero-order valence-corrected chi connectivity index (χ0v) is 11.5. The average molecular weight is 259 g/mol. The maximum Gasteiger partial charge on any atom is 0.182 e. The molecule has 19 heavy (non-hydrogen) atoms. The minimum atomic E-state index is -0.444. The van der Waals surface area contributed by atoms with Crippen molar-refractivity contribution >= 4 is 17.3 Å². The highest BCUT2D eigenvalue weighted by atomic mass is 16.1. The molecule has 0 aromatic heterocycles. The summed E-state index contributed by atoms with van der Waals surface area (Å²) in [6.45, 7) is 7.38. The summed E-state index contributed by atoms with van der Waals surface area (Å²) in [4.78, 5) is 16.3. The fourth-order valence-electron chi connectivity index (χ4n) is 1.71. The van der Waals surface area contributed by atoms with Gasteiger partial charge in [0.1, 0.15) is 11.9 Å². The van der Waals surface area contributed by atoms with E-state index in [1.807, 2.05) is 6.92 Å². The fraction of sp³-hybridized carbons (Fsp3) is 0.333. The lowest BCUT2D eigenvalue weighted by Gasteiger charge is -2.12. The van der Waals surface area contributed by atoms with Crippen LogP contribution in [0.1, 0.15) is 32.3 Å². The van der Waals surface area contributed by atoms with E-state index in [1.54, 1.807) is 31.2 Å². The normalized spacial score (nSPS) is 13.1. The molecule has 0 bridgehead atoms. The van der Waals surface area contributed by atoms with Crippen LogP contribution >= 0.6 is 0 Å². The highest BCUT2D eigenvalue weighted by Gasteiger charge is 2.17. The molecule has 0 aliphatic carbocycles.